The van der Waals surface area contributed by atoms with Gasteiger partial charge in [0.1, 0.15) is 11.5 Å². The van der Waals surface area contributed by atoms with E-state index in [1.54, 1.807) is 0 Å². The molecule has 2 aromatic rings. The van der Waals surface area contributed by atoms with Crippen molar-refractivity contribution in [3.05, 3.63) is 58.7 Å². The van der Waals surface area contributed by atoms with Gasteiger partial charge in [-0.25, -0.2) is 0 Å². The van der Waals surface area contributed by atoms with E-state index in [0.717, 1.165) is 22.3 Å². The second-order valence-electron chi connectivity index (χ2n) is 10.9. The molecular formula is C33H48O8. The Kier molecular flexibility index (Phi) is 16.3. The van der Waals surface area contributed by atoms with E-state index in [0.29, 0.717) is 23.3 Å². The maximum atomic E-state index is 11.8. The van der Waals surface area contributed by atoms with Gasteiger partial charge in [0.25, 0.3) is 0 Å². The molecular weight excluding hydrogens is 524 g/mol. The van der Waals surface area contributed by atoms with Crippen LogP contribution in [0.3, 0.4) is 0 Å². The fourth-order valence-electron chi connectivity index (χ4n) is 3.92. The zero-order chi connectivity index (χ0) is 30.6. The number of ether oxygens (including phenoxy) is 2. The van der Waals surface area contributed by atoms with Crippen LogP contribution in [0.2, 0.25) is 0 Å². The Labute approximate surface area is 245 Å². The molecule has 228 valence electrons. The lowest BCUT2D eigenvalue weighted by molar-refractivity contribution is -0.152. The number of rotatable bonds is 8. The van der Waals surface area contributed by atoms with Crippen LogP contribution in [-0.2, 0) is 23.9 Å². The summed E-state index contributed by atoms with van der Waals surface area (Å²) in [6.07, 6.45) is 0.205. The third kappa shape index (κ3) is 12.6. The van der Waals surface area contributed by atoms with Gasteiger partial charge in [-0.15, -0.1) is 0 Å². The van der Waals surface area contributed by atoms with E-state index in [1.165, 1.54) is 0 Å². The predicted octanol–water partition coefficient (Wildman–Crippen LogP) is 7.83. The van der Waals surface area contributed by atoms with Crippen molar-refractivity contribution >= 4 is 23.9 Å². The number of para-hydroxylation sites is 2. The van der Waals surface area contributed by atoms with Crippen molar-refractivity contribution < 1.29 is 38.9 Å². The summed E-state index contributed by atoms with van der Waals surface area (Å²) in [7, 11) is 0. The van der Waals surface area contributed by atoms with Crippen LogP contribution in [0.15, 0.2) is 36.4 Å². The second kappa shape index (κ2) is 17.9. The summed E-state index contributed by atoms with van der Waals surface area (Å²) in [5.74, 6) is 0.0188. The minimum atomic E-state index is -0.997. The van der Waals surface area contributed by atoms with E-state index in [4.69, 9.17) is 9.84 Å². The molecule has 1 saturated heterocycles. The van der Waals surface area contributed by atoms with Gasteiger partial charge in [-0.1, -0.05) is 99.2 Å². The first-order chi connectivity index (χ1) is 18.6. The number of cyclic esters (lactones) is 2. The monoisotopic (exact) mass is 572 g/mol. The van der Waals surface area contributed by atoms with Gasteiger partial charge < -0.3 is 19.7 Å². The van der Waals surface area contributed by atoms with Crippen molar-refractivity contribution in [3.63, 3.8) is 0 Å². The zero-order valence-corrected chi connectivity index (χ0v) is 24.9. The predicted molar refractivity (Wildman–Crippen MR) is 160 cm³/mol. The summed E-state index contributed by atoms with van der Waals surface area (Å²) >= 11 is 0. The first kappa shape index (κ1) is 37.3. The largest absolute Gasteiger partial charge is 0.507 e. The second-order valence-corrected chi connectivity index (χ2v) is 10.9. The first-order valence-electron chi connectivity index (χ1n) is 13.8. The van der Waals surface area contributed by atoms with Gasteiger partial charge >= 0.3 is 23.9 Å². The maximum Gasteiger partial charge on any atom is 0.314 e. The molecule has 0 aliphatic carbocycles. The van der Waals surface area contributed by atoms with Gasteiger partial charge in [0.05, 0.1) is 25.7 Å². The Bertz CT molecular complexity index is 1100. The highest BCUT2D eigenvalue weighted by Crippen LogP contribution is 2.35. The number of hydrogen-bond donors (Lipinski definition) is 2. The lowest BCUT2D eigenvalue weighted by Gasteiger charge is -2.18. The third-order valence-corrected chi connectivity index (χ3v) is 6.18. The molecule has 1 heterocycles. The molecule has 0 amide bonds. The van der Waals surface area contributed by atoms with E-state index in [9.17, 15) is 24.3 Å². The molecule has 8 heteroatoms. The Hall–Kier alpha value is -3.68. The molecule has 0 bridgehead atoms. The van der Waals surface area contributed by atoms with Crippen molar-refractivity contribution in [3.8, 4) is 11.5 Å². The summed E-state index contributed by atoms with van der Waals surface area (Å²) < 4.78 is 9.53. The number of aromatic hydroxyl groups is 1. The molecule has 1 fully saturated rings. The number of carboxylic acid groups (broad SMARTS) is 1. The maximum absolute atomic E-state index is 11.8. The van der Waals surface area contributed by atoms with Crippen LogP contribution in [-0.4, -0.2) is 34.1 Å². The molecule has 2 aromatic carbocycles. The summed E-state index contributed by atoms with van der Waals surface area (Å²) in [5.41, 5.74) is 4.04. The van der Waals surface area contributed by atoms with Crippen LogP contribution in [0.4, 0.5) is 0 Å². The number of carboxylic acids is 1. The molecule has 0 unspecified atom stereocenters. The minimum Gasteiger partial charge on any atom is -0.507 e. The summed E-state index contributed by atoms with van der Waals surface area (Å²) in [6, 6.07) is 11.8. The zero-order valence-electron chi connectivity index (χ0n) is 24.9. The van der Waals surface area contributed by atoms with Crippen molar-refractivity contribution in [1.29, 1.82) is 0 Å². The van der Waals surface area contributed by atoms with Gasteiger partial charge in [0.2, 0.25) is 0 Å². The van der Waals surface area contributed by atoms with E-state index in [2.05, 4.69) is 32.4 Å². The van der Waals surface area contributed by atoms with E-state index >= 15 is 0 Å². The van der Waals surface area contributed by atoms with Crippen LogP contribution in [0.1, 0.15) is 134 Å². The fourth-order valence-corrected chi connectivity index (χ4v) is 3.92. The molecule has 0 spiro atoms. The molecule has 1 aliphatic rings. The molecule has 0 atom stereocenters. The van der Waals surface area contributed by atoms with Crippen molar-refractivity contribution in [1.82, 2.24) is 0 Å². The van der Waals surface area contributed by atoms with Crippen LogP contribution in [0, 0.1) is 0 Å². The normalized spacial score (nSPS) is 12.3. The fraction of sp³-hybridized carbons (Fsp3) is 0.515. The van der Waals surface area contributed by atoms with Crippen molar-refractivity contribution in [2.24, 2.45) is 0 Å². The van der Waals surface area contributed by atoms with Gasteiger partial charge in [-0.2, -0.15) is 0 Å². The lowest BCUT2D eigenvalue weighted by atomic mass is 9.94. The number of aliphatic carboxylic acids is 1. The number of benzene rings is 2. The standard InChI is InChI=1S/C16H22O4.C12H18O.C4H4O3.CH4/c1-10(2)12-6-5-7-13(11(3)4)16(12)20-15(19)9-8-14(17)18;1-8(2)10-6-5-7-11(9(3)4)12(10)13;5-3-1-2-4(6)7-3;/h5-7,10-11H,8-9H2,1-4H3,(H,17,18);5-9,13H,1-4H3;1-2H2;1H4. The number of hydrogen-bond acceptors (Lipinski definition) is 7. The highest BCUT2D eigenvalue weighted by atomic mass is 16.6. The molecule has 41 heavy (non-hydrogen) atoms. The van der Waals surface area contributed by atoms with Crippen molar-refractivity contribution in [2.75, 3.05) is 0 Å². The number of carbonyl (C=O) groups is 4. The Morgan fingerprint density at radius 3 is 1.39 bits per heavy atom. The molecule has 0 saturated carbocycles. The van der Waals surface area contributed by atoms with Gasteiger partial charge in [-0.3, -0.25) is 19.2 Å². The van der Waals surface area contributed by atoms with E-state index in [-0.39, 0.29) is 44.9 Å². The van der Waals surface area contributed by atoms with Crippen LogP contribution in [0.25, 0.3) is 0 Å². The Morgan fingerprint density at radius 2 is 1.10 bits per heavy atom. The number of phenolic OH excluding ortho intramolecular Hbond substituents is 1. The summed E-state index contributed by atoms with van der Waals surface area (Å²) in [5, 5.41) is 18.5. The molecule has 8 nitrogen and oxygen atoms in total. The number of phenols is 1. The van der Waals surface area contributed by atoms with Crippen molar-refractivity contribution in [2.45, 2.75) is 112 Å². The molecule has 1 aliphatic heterocycles. The van der Waals surface area contributed by atoms with Gasteiger partial charge in [0.15, 0.2) is 0 Å². The quantitative estimate of drug-likeness (QED) is 0.186. The number of carbonyl (C=O) groups excluding carboxylic acids is 3. The molecule has 3 rings (SSSR count). The smallest absolute Gasteiger partial charge is 0.314 e. The van der Waals surface area contributed by atoms with Crippen LogP contribution in [0.5, 0.6) is 11.5 Å². The van der Waals surface area contributed by atoms with Crippen LogP contribution >= 0.6 is 0 Å². The highest BCUT2D eigenvalue weighted by Gasteiger charge is 2.20. The van der Waals surface area contributed by atoms with Gasteiger partial charge in [-0.05, 0) is 45.9 Å². The number of esters is 3. The molecule has 0 aromatic heterocycles. The van der Waals surface area contributed by atoms with E-state index < -0.39 is 23.9 Å². The highest BCUT2D eigenvalue weighted by molar-refractivity contribution is 5.92. The first-order valence-corrected chi connectivity index (χ1v) is 13.8. The van der Waals surface area contributed by atoms with E-state index in [1.807, 2.05) is 64.1 Å². The SMILES string of the molecule is C.CC(C)c1cccc(C(C)C)c1O.CC(C)c1cccc(C(C)C)c1OC(=O)CCC(=O)O.O=C1CCC(=O)O1. The molecule has 0 radical (unpaired) electrons. The summed E-state index contributed by atoms with van der Waals surface area (Å²) in [6.45, 7) is 16.5. The topological polar surface area (TPSA) is 127 Å². The average Bonchev–Trinajstić information content (AvgIpc) is 3.25. The molecule has 2 N–H and O–H groups in total. The third-order valence-electron chi connectivity index (χ3n) is 6.18. The van der Waals surface area contributed by atoms with Gasteiger partial charge in [0, 0.05) is 0 Å². The Balaban J connectivity index is 0.000000649. The average molecular weight is 573 g/mol. The Morgan fingerprint density at radius 1 is 0.732 bits per heavy atom. The lowest BCUT2D eigenvalue weighted by Crippen LogP contribution is -2.13. The minimum absolute atomic E-state index is 0. The van der Waals surface area contributed by atoms with Crippen LogP contribution < -0.4 is 4.74 Å². The summed E-state index contributed by atoms with van der Waals surface area (Å²) in [4.78, 5) is 42.3.